The van der Waals surface area contributed by atoms with Crippen LogP contribution in [0.1, 0.15) is 12.8 Å². The molecular weight excluding hydrogens is 372 g/mol. The molecule has 0 spiro atoms. The molecule has 2 amide bonds. The molecule has 4 rings (SSSR count). The highest BCUT2D eigenvalue weighted by molar-refractivity contribution is 5.83. The monoisotopic (exact) mass is 400 g/mol. The van der Waals surface area contributed by atoms with Crippen molar-refractivity contribution in [1.29, 1.82) is 0 Å². The van der Waals surface area contributed by atoms with E-state index in [1.165, 1.54) is 0 Å². The second-order valence-electron chi connectivity index (χ2n) is 7.62. The van der Waals surface area contributed by atoms with Crippen LogP contribution in [0.5, 0.6) is 0 Å². The predicted octanol–water partition coefficient (Wildman–Crippen LogP) is 0.118. The largest absolute Gasteiger partial charge is 0.379 e. The number of nitrogens with zero attached hydrogens (tertiary/aromatic N) is 5. The summed E-state index contributed by atoms with van der Waals surface area (Å²) in [5.41, 5.74) is 1.81. The smallest absolute Gasteiger partial charge is 0.224 e. The van der Waals surface area contributed by atoms with Crippen LogP contribution in [0.2, 0.25) is 0 Å². The topological polar surface area (TPSA) is 92.6 Å². The van der Waals surface area contributed by atoms with Crippen molar-refractivity contribution < 1.29 is 14.3 Å². The molecule has 156 valence electrons. The number of carbonyl (C=O) groups excluding carboxylic acids is 2. The number of rotatable bonds is 7. The number of benzene rings is 1. The van der Waals surface area contributed by atoms with Crippen LogP contribution in [0.15, 0.2) is 24.3 Å². The van der Waals surface area contributed by atoms with Gasteiger partial charge >= 0.3 is 0 Å². The highest BCUT2D eigenvalue weighted by atomic mass is 16.5. The Kier molecular flexibility index (Phi) is 6.36. The van der Waals surface area contributed by atoms with E-state index in [1.807, 2.05) is 29.2 Å². The lowest BCUT2D eigenvalue weighted by Gasteiger charge is -2.34. The number of hydrogen-bond donors (Lipinski definition) is 1. The van der Waals surface area contributed by atoms with E-state index in [0.29, 0.717) is 39.0 Å². The fourth-order valence-electron chi connectivity index (χ4n) is 3.94. The summed E-state index contributed by atoms with van der Waals surface area (Å²) < 4.78 is 7.16. The highest BCUT2D eigenvalue weighted by Gasteiger charge is 2.30. The Bertz CT molecular complexity index is 848. The third-order valence-corrected chi connectivity index (χ3v) is 5.70. The molecule has 9 heteroatoms. The first kappa shape index (κ1) is 19.8. The Hall–Kier alpha value is -2.52. The van der Waals surface area contributed by atoms with Crippen LogP contribution >= 0.6 is 0 Å². The maximum absolute atomic E-state index is 12.6. The first-order valence-electron chi connectivity index (χ1n) is 10.3. The van der Waals surface area contributed by atoms with Crippen molar-refractivity contribution >= 4 is 22.8 Å². The molecule has 2 aliphatic rings. The Balaban J connectivity index is 1.24. The lowest BCUT2D eigenvalue weighted by atomic mass is 9.96. The van der Waals surface area contributed by atoms with Crippen LogP contribution in [-0.2, 0) is 20.9 Å². The maximum Gasteiger partial charge on any atom is 0.224 e. The number of aromatic nitrogens is 3. The second kappa shape index (κ2) is 9.32. The molecule has 0 unspecified atom stereocenters. The Morgan fingerprint density at radius 3 is 2.86 bits per heavy atom. The normalized spacial score (nSPS) is 20.9. The molecule has 2 fully saturated rings. The molecule has 0 bridgehead atoms. The summed E-state index contributed by atoms with van der Waals surface area (Å²) in [7, 11) is 0. The number of morpholine rings is 1. The van der Waals surface area contributed by atoms with Crippen LogP contribution in [0.4, 0.5) is 0 Å². The van der Waals surface area contributed by atoms with Gasteiger partial charge in [-0.05, 0) is 18.6 Å². The van der Waals surface area contributed by atoms with Crippen LogP contribution in [0, 0.1) is 5.92 Å². The van der Waals surface area contributed by atoms with Crippen molar-refractivity contribution in [1.82, 2.24) is 30.1 Å². The minimum absolute atomic E-state index is 0.0123. The van der Waals surface area contributed by atoms with E-state index in [-0.39, 0.29) is 17.7 Å². The number of ether oxygens (including phenoxy) is 1. The average Bonchev–Trinajstić information content (AvgIpc) is 3.17. The van der Waals surface area contributed by atoms with Gasteiger partial charge in [-0.15, -0.1) is 5.10 Å². The molecule has 1 N–H and O–H groups in total. The van der Waals surface area contributed by atoms with E-state index in [0.717, 1.165) is 43.9 Å². The van der Waals surface area contributed by atoms with Crippen molar-refractivity contribution in [3.8, 4) is 0 Å². The van der Waals surface area contributed by atoms with Crippen molar-refractivity contribution in [2.75, 3.05) is 52.5 Å². The molecule has 29 heavy (non-hydrogen) atoms. The van der Waals surface area contributed by atoms with Gasteiger partial charge in [-0.3, -0.25) is 14.5 Å². The van der Waals surface area contributed by atoms with Gasteiger partial charge < -0.3 is 15.0 Å². The van der Waals surface area contributed by atoms with Crippen LogP contribution in [0.3, 0.4) is 0 Å². The number of para-hydroxylation sites is 1. The summed E-state index contributed by atoms with van der Waals surface area (Å²) in [4.78, 5) is 29.0. The molecule has 0 radical (unpaired) electrons. The minimum atomic E-state index is -0.148. The first-order valence-corrected chi connectivity index (χ1v) is 10.3. The molecule has 0 saturated carbocycles. The number of fused-ring (bicyclic) bond motifs is 1. The lowest BCUT2D eigenvalue weighted by Crippen LogP contribution is -2.49. The van der Waals surface area contributed by atoms with Gasteiger partial charge in [-0.1, -0.05) is 17.3 Å². The van der Waals surface area contributed by atoms with Crippen LogP contribution in [0.25, 0.3) is 11.0 Å². The third-order valence-electron chi connectivity index (χ3n) is 5.70. The Labute approximate surface area is 170 Å². The van der Waals surface area contributed by atoms with Gasteiger partial charge in [0.1, 0.15) is 5.52 Å². The van der Waals surface area contributed by atoms with Gasteiger partial charge in [0.2, 0.25) is 11.8 Å². The van der Waals surface area contributed by atoms with Gasteiger partial charge in [0, 0.05) is 45.7 Å². The number of likely N-dealkylation sites (tertiary alicyclic amines) is 1. The standard InChI is InChI=1S/C20H28N6O3/c27-19-6-5-16(15-25(19)10-9-24-11-13-29-14-12-24)20(28)21-7-8-26-18-4-2-1-3-17(18)22-23-26/h1-4,16H,5-15H2,(H,21,28)/t16-/m0/s1. The molecule has 2 aliphatic heterocycles. The van der Waals surface area contributed by atoms with E-state index in [1.54, 1.807) is 4.68 Å². The average molecular weight is 400 g/mol. The van der Waals surface area contributed by atoms with E-state index in [2.05, 4.69) is 20.5 Å². The van der Waals surface area contributed by atoms with Crippen molar-refractivity contribution in [3.63, 3.8) is 0 Å². The number of hydrogen-bond acceptors (Lipinski definition) is 6. The van der Waals surface area contributed by atoms with Crippen molar-refractivity contribution in [2.45, 2.75) is 19.4 Å². The molecule has 1 aromatic heterocycles. The molecule has 1 aromatic carbocycles. The van der Waals surface area contributed by atoms with Gasteiger partial charge in [0.15, 0.2) is 0 Å². The molecule has 0 aliphatic carbocycles. The fraction of sp³-hybridized carbons (Fsp3) is 0.600. The Morgan fingerprint density at radius 2 is 2.00 bits per heavy atom. The molecule has 2 saturated heterocycles. The SMILES string of the molecule is O=C(NCCn1nnc2ccccc21)[C@H]1CCC(=O)N(CCN2CCOCC2)C1. The molecule has 3 heterocycles. The summed E-state index contributed by atoms with van der Waals surface area (Å²) >= 11 is 0. The quantitative estimate of drug-likeness (QED) is 0.710. The highest BCUT2D eigenvalue weighted by Crippen LogP contribution is 2.18. The van der Waals surface area contributed by atoms with E-state index in [9.17, 15) is 9.59 Å². The van der Waals surface area contributed by atoms with Crippen LogP contribution in [-0.4, -0.2) is 89.1 Å². The van der Waals surface area contributed by atoms with E-state index < -0.39 is 0 Å². The number of nitrogens with one attached hydrogen (secondary N) is 1. The van der Waals surface area contributed by atoms with Crippen LogP contribution < -0.4 is 5.32 Å². The maximum atomic E-state index is 12.6. The minimum Gasteiger partial charge on any atom is -0.379 e. The zero-order valence-corrected chi connectivity index (χ0v) is 16.6. The number of piperidine rings is 1. The molecular formula is C20H28N6O3. The summed E-state index contributed by atoms with van der Waals surface area (Å²) in [6.45, 7) is 6.38. The van der Waals surface area contributed by atoms with Gasteiger partial charge in [-0.25, -0.2) is 4.68 Å². The lowest BCUT2D eigenvalue weighted by molar-refractivity contribution is -0.138. The first-order chi connectivity index (χ1) is 14.2. The van der Waals surface area contributed by atoms with Crippen molar-refractivity contribution in [3.05, 3.63) is 24.3 Å². The number of carbonyl (C=O) groups is 2. The molecule has 9 nitrogen and oxygen atoms in total. The third kappa shape index (κ3) is 4.91. The van der Waals surface area contributed by atoms with Gasteiger partial charge in [0.25, 0.3) is 0 Å². The summed E-state index contributed by atoms with van der Waals surface area (Å²) in [6.07, 6.45) is 1.06. The van der Waals surface area contributed by atoms with Crippen molar-refractivity contribution in [2.24, 2.45) is 5.92 Å². The van der Waals surface area contributed by atoms with E-state index in [4.69, 9.17) is 4.74 Å². The fourth-order valence-corrected chi connectivity index (χ4v) is 3.94. The Morgan fingerprint density at radius 1 is 1.17 bits per heavy atom. The predicted molar refractivity (Wildman–Crippen MR) is 107 cm³/mol. The molecule has 1 atom stereocenters. The molecule has 2 aromatic rings. The van der Waals surface area contributed by atoms with E-state index >= 15 is 0 Å². The summed E-state index contributed by atoms with van der Waals surface area (Å²) in [5, 5.41) is 11.3. The van der Waals surface area contributed by atoms with Gasteiger partial charge in [0.05, 0.1) is 31.2 Å². The van der Waals surface area contributed by atoms with Gasteiger partial charge in [-0.2, -0.15) is 0 Å². The summed E-state index contributed by atoms with van der Waals surface area (Å²) in [5.74, 6) is 0.0135. The number of amides is 2. The summed E-state index contributed by atoms with van der Waals surface area (Å²) in [6, 6.07) is 7.77. The zero-order valence-electron chi connectivity index (χ0n) is 16.6. The zero-order chi connectivity index (χ0) is 20.1. The second-order valence-corrected chi connectivity index (χ2v) is 7.62.